The largest absolute Gasteiger partial charge is 0.356 e. The van der Waals surface area contributed by atoms with Crippen LogP contribution in [0.15, 0.2) is 9.59 Å². The van der Waals surface area contributed by atoms with Crippen LogP contribution >= 0.6 is 0 Å². The summed E-state index contributed by atoms with van der Waals surface area (Å²) in [7, 11) is 0. The Morgan fingerprint density at radius 3 is 2.67 bits per heavy atom. The molecule has 0 fully saturated rings. The molecule has 0 saturated carbocycles. The standard InChI is InChI=1S/C11H17N5O2/c1-4-12-10-13-7-8(14-10)16(5-6(2)3)11(18)15-9(7)17/h6H,4-5H2,1-3H3,(H2,12,13,14)(H,15,17,18). The van der Waals surface area contributed by atoms with Gasteiger partial charge in [0.05, 0.1) is 0 Å². The van der Waals surface area contributed by atoms with E-state index in [0.717, 1.165) is 0 Å². The predicted octanol–water partition coefficient (Wildman–Crippen LogP) is 0.501. The molecule has 2 aromatic heterocycles. The number of aromatic nitrogens is 4. The summed E-state index contributed by atoms with van der Waals surface area (Å²) >= 11 is 0. The number of nitrogens with one attached hydrogen (secondary N) is 3. The highest BCUT2D eigenvalue weighted by Gasteiger charge is 2.13. The number of fused-ring (bicyclic) bond motifs is 1. The fourth-order valence-corrected chi connectivity index (χ4v) is 1.83. The Morgan fingerprint density at radius 2 is 2.06 bits per heavy atom. The van der Waals surface area contributed by atoms with E-state index in [1.165, 1.54) is 4.57 Å². The van der Waals surface area contributed by atoms with Crippen molar-refractivity contribution in [3.8, 4) is 0 Å². The van der Waals surface area contributed by atoms with E-state index >= 15 is 0 Å². The molecule has 0 aliphatic carbocycles. The Hall–Kier alpha value is -2.05. The van der Waals surface area contributed by atoms with Gasteiger partial charge in [-0.3, -0.25) is 14.3 Å². The van der Waals surface area contributed by atoms with Crippen LogP contribution in [0.4, 0.5) is 5.95 Å². The molecule has 2 aromatic rings. The number of rotatable bonds is 4. The van der Waals surface area contributed by atoms with Crippen molar-refractivity contribution in [1.29, 1.82) is 0 Å². The highest BCUT2D eigenvalue weighted by molar-refractivity contribution is 5.72. The van der Waals surface area contributed by atoms with Crippen LogP contribution in [0.5, 0.6) is 0 Å². The van der Waals surface area contributed by atoms with Gasteiger partial charge in [-0.25, -0.2) is 4.79 Å². The molecule has 0 radical (unpaired) electrons. The molecule has 0 saturated heterocycles. The quantitative estimate of drug-likeness (QED) is 0.737. The summed E-state index contributed by atoms with van der Waals surface area (Å²) in [5, 5.41) is 2.99. The topological polar surface area (TPSA) is 95.6 Å². The fourth-order valence-electron chi connectivity index (χ4n) is 1.83. The molecule has 0 aliphatic rings. The first-order chi connectivity index (χ1) is 8.52. The summed E-state index contributed by atoms with van der Waals surface area (Å²) in [5.74, 6) is 0.789. The van der Waals surface area contributed by atoms with E-state index < -0.39 is 11.2 Å². The molecule has 98 valence electrons. The minimum Gasteiger partial charge on any atom is -0.356 e. The Morgan fingerprint density at radius 1 is 1.33 bits per heavy atom. The lowest BCUT2D eigenvalue weighted by Crippen LogP contribution is -2.31. The first-order valence-corrected chi connectivity index (χ1v) is 5.99. The normalized spacial score (nSPS) is 11.3. The summed E-state index contributed by atoms with van der Waals surface area (Å²) in [5.41, 5.74) is -0.137. The monoisotopic (exact) mass is 251 g/mol. The minimum absolute atomic E-state index is 0.288. The number of hydrogen-bond acceptors (Lipinski definition) is 4. The van der Waals surface area contributed by atoms with E-state index in [1.807, 2.05) is 20.8 Å². The average Bonchev–Trinajstić information content (AvgIpc) is 2.69. The number of anilines is 1. The lowest BCUT2D eigenvalue weighted by Gasteiger charge is -2.07. The van der Waals surface area contributed by atoms with Gasteiger partial charge in [0, 0.05) is 13.1 Å². The Kier molecular flexibility index (Phi) is 3.22. The number of imidazole rings is 1. The third-order valence-electron chi connectivity index (χ3n) is 2.53. The van der Waals surface area contributed by atoms with Crippen LogP contribution in [0.1, 0.15) is 20.8 Å². The molecule has 7 nitrogen and oxygen atoms in total. The van der Waals surface area contributed by atoms with Gasteiger partial charge in [0.15, 0.2) is 11.2 Å². The van der Waals surface area contributed by atoms with E-state index in [4.69, 9.17) is 0 Å². The molecule has 0 bridgehead atoms. The van der Waals surface area contributed by atoms with Crippen molar-refractivity contribution in [2.45, 2.75) is 27.3 Å². The summed E-state index contributed by atoms with van der Waals surface area (Å²) in [6, 6.07) is 0. The molecule has 7 heteroatoms. The summed E-state index contributed by atoms with van der Waals surface area (Å²) in [4.78, 5) is 32.9. The van der Waals surface area contributed by atoms with Crippen LogP contribution in [-0.2, 0) is 6.54 Å². The molecular formula is C11H17N5O2. The SMILES string of the molecule is CCNc1nc2c([nH]1)c(=O)[nH]c(=O)n2CC(C)C. The van der Waals surface area contributed by atoms with Crippen LogP contribution in [0.3, 0.4) is 0 Å². The molecule has 0 aliphatic heterocycles. The van der Waals surface area contributed by atoms with E-state index in [-0.39, 0.29) is 5.92 Å². The van der Waals surface area contributed by atoms with Crippen molar-refractivity contribution in [1.82, 2.24) is 19.5 Å². The van der Waals surface area contributed by atoms with Crippen LogP contribution < -0.4 is 16.6 Å². The number of aromatic amines is 2. The summed E-state index contributed by atoms with van der Waals surface area (Å²) in [6.45, 7) is 7.13. The number of hydrogen-bond donors (Lipinski definition) is 3. The van der Waals surface area contributed by atoms with E-state index in [0.29, 0.717) is 30.2 Å². The highest BCUT2D eigenvalue weighted by atomic mass is 16.2. The molecule has 2 heterocycles. The van der Waals surface area contributed by atoms with E-state index in [2.05, 4.69) is 20.3 Å². The third-order valence-corrected chi connectivity index (χ3v) is 2.53. The second kappa shape index (κ2) is 4.67. The maximum atomic E-state index is 11.8. The van der Waals surface area contributed by atoms with Crippen molar-refractivity contribution < 1.29 is 0 Å². The molecule has 0 amide bonds. The van der Waals surface area contributed by atoms with Crippen LogP contribution in [0.2, 0.25) is 0 Å². The van der Waals surface area contributed by atoms with Gasteiger partial charge in [-0.2, -0.15) is 4.98 Å². The lowest BCUT2D eigenvalue weighted by molar-refractivity contribution is 0.513. The van der Waals surface area contributed by atoms with Crippen molar-refractivity contribution >= 4 is 17.1 Å². The van der Waals surface area contributed by atoms with Crippen molar-refractivity contribution in [3.05, 3.63) is 20.8 Å². The average molecular weight is 251 g/mol. The minimum atomic E-state index is -0.438. The maximum absolute atomic E-state index is 11.8. The summed E-state index contributed by atoms with van der Waals surface area (Å²) < 4.78 is 1.48. The molecule has 2 rings (SSSR count). The number of nitrogens with zero attached hydrogens (tertiary/aromatic N) is 2. The van der Waals surface area contributed by atoms with Crippen LogP contribution in [0.25, 0.3) is 11.2 Å². The highest BCUT2D eigenvalue weighted by Crippen LogP contribution is 2.09. The third kappa shape index (κ3) is 2.15. The van der Waals surface area contributed by atoms with E-state index in [9.17, 15) is 9.59 Å². The Balaban J connectivity index is 2.68. The van der Waals surface area contributed by atoms with Gasteiger partial charge in [-0.15, -0.1) is 0 Å². The van der Waals surface area contributed by atoms with Crippen LogP contribution in [-0.4, -0.2) is 26.1 Å². The first kappa shape index (κ1) is 12.4. The molecule has 0 unspecified atom stereocenters. The Labute approximate surface area is 103 Å². The molecular weight excluding hydrogens is 234 g/mol. The van der Waals surface area contributed by atoms with Gasteiger partial charge in [0.1, 0.15) is 0 Å². The van der Waals surface area contributed by atoms with Gasteiger partial charge in [0.25, 0.3) is 5.56 Å². The number of H-pyrrole nitrogens is 2. The zero-order valence-corrected chi connectivity index (χ0v) is 10.7. The summed E-state index contributed by atoms with van der Waals surface area (Å²) in [6.07, 6.45) is 0. The zero-order chi connectivity index (χ0) is 13.3. The molecule has 0 aromatic carbocycles. The molecule has 0 spiro atoms. The van der Waals surface area contributed by atoms with Gasteiger partial charge in [0.2, 0.25) is 5.95 Å². The second-order valence-corrected chi connectivity index (χ2v) is 4.58. The molecule has 3 N–H and O–H groups in total. The molecule has 18 heavy (non-hydrogen) atoms. The van der Waals surface area contributed by atoms with Gasteiger partial charge < -0.3 is 10.3 Å². The van der Waals surface area contributed by atoms with Crippen molar-refractivity contribution in [2.75, 3.05) is 11.9 Å². The smallest absolute Gasteiger partial charge is 0.330 e. The first-order valence-electron chi connectivity index (χ1n) is 5.99. The molecule has 0 atom stereocenters. The Bertz CT molecular complexity index is 664. The van der Waals surface area contributed by atoms with Gasteiger partial charge >= 0.3 is 5.69 Å². The van der Waals surface area contributed by atoms with E-state index in [1.54, 1.807) is 0 Å². The second-order valence-electron chi connectivity index (χ2n) is 4.58. The zero-order valence-electron chi connectivity index (χ0n) is 10.7. The van der Waals surface area contributed by atoms with Crippen molar-refractivity contribution in [2.24, 2.45) is 5.92 Å². The van der Waals surface area contributed by atoms with Gasteiger partial charge in [-0.1, -0.05) is 13.8 Å². The lowest BCUT2D eigenvalue weighted by atomic mass is 10.2. The predicted molar refractivity (Wildman–Crippen MR) is 70.0 cm³/mol. The van der Waals surface area contributed by atoms with Crippen LogP contribution in [0, 0.1) is 5.92 Å². The maximum Gasteiger partial charge on any atom is 0.330 e. The fraction of sp³-hybridized carbons (Fsp3) is 0.545. The van der Waals surface area contributed by atoms with Crippen molar-refractivity contribution in [3.63, 3.8) is 0 Å². The van der Waals surface area contributed by atoms with Gasteiger partial charge in [-0.05, 0) is 12.8 Å².